The largest absolute Gasteiger partial charge is 0.206 e. The Morgan fingerprint density at radius 1 is 1.80 bits per heavy atom. The Kier molecular flexibility index (Phi) is 1.06. The average Bonchev–Trinajstić information content (AvgIpc) is 2.41. The van der Waals surface area contributed by atoms with Crippen LogP contribution in [-0.4, -0.2) is 0 Å². The van der Waals surface area contributed by atoms with Crippen LogP contribution in [0.15, 0.2) is 23.0 Å². The number of rotatable bonds is 0. The summed E-state index contributed by atoms with van der Waals surface area (Å²) in [5.74, 6) is 0.248. The van der Waals surface area contributed by atoms with E-state index in [-0.39, 0.29) is 11.2 Å². The molecule has 0 spiro atoms. The third-order valence-electron chi connectivity index (χ3n) is 2.38. The Hall–Kier alpha value is -0.300. The minimum absolute atomic E-state index is 0.0997. The summed E-state index contributed by atoms with van der Waals surface area (Å²) in [7, 11) is 0. The number of hydrogen-bond acceptors (Lipinski definition) is 0. The molecule has 0 saturated heterocycles. The van der Waals surface area contributed by atoms with Crippen molar-refractivity contribution in [3.8, 4) is 0 Å². The highest BCUT2D eigenvalue weighted by Crippen LogP contribution is 2.58. The van der Waals surface area contributed by atoms with E-state index >= 15 is 0 Å². The predicted octanol–water partition coefficient (Wildman–Crippen LogP) is 3.00. The van der Waals surface area contributed by atoms with Crippen molar-refractivity contribution in [3.63, 3.8) is 0 Å². The molecular weight excluding hydrogens is 151 g/mol. The highest BCUT2D eigenvalue weighted by atomic mass is 35.5. The van der Waals surface area contributed by atoms with E-state index in [2.05, 4.69) is 6.92 Å². The molecule has 2 atom stereocenters. The van der Waals surface area contributed by atoms with E-state index in [0.717, 1.165) is 6.42 Å². The lowest BCUT2D eigenvalue weighted by atomic mass is 10.0. The smallest absolute Gasteiger partial charge is 0.138 e. The Labute approximate surface area is 64.4 Å². The van der Waals surface area contributed by atoms with Gasteiger partial charge in [0, 0.05) is 0 Å². The van der Waals surface area contributed by atoms with Crippen molar-refractivity contribution >= 4 is 11.6 Å². The summed E-state index contributed by atoms with van der Waals surface area (Å²) in [5.41, 5.74) is 0.0997. The van der Waals surface area contributed by atoms with E-state index in [9.17, 15) is 4.39 Å². The Morgan fingerprint density at radius 3 is 3.10 bits per heavy atom. The number of halogens is 2. The number of allylic oxidation sites excluding steroid dienone is 4. The molecular formula is C8H8ClF. The van der Waals surface area contributed by atoms with E-state index < -0.39 is 0 Å². The van der Waals surface area contributed by atoms with Gasteiger partial charge >= 0.3 is 0 Å². The van der Waals surface area contributed by atoms with Gasteiger partial charge in [0.15, 0.2) is 0 Å². The fourth-order valence-corrected chi connectivity index (χ4v) is 1.65. The van der Waals surface area contributed by atoms with Crippen molar-refractivity contribution in [1.82, 2.24) is 0 Å². The van der Waals surface area contributed by atoms with Crippen LogP contribution in [0.3, 0.4) is 0 Å². The molecule has 2 rings (SSSR count). The lowest BCUT2D eigenvalue weighted by molar-refractivity contribution is 0.595. The first-order valence-corrected chi connectivity index (χ1v) is 3.76. The topological polar surface area (TPSA) is 0 Å². The second-order valence-corrected chi connectivity index (χ2v) is 3.73. The summed E-state index contributed by atoms with van der Waals surface area (Å²) in [6, 6.07) is 0. The molecule has 1 saturated carbocycles. The number of fused-ring (bicyclic) bond motifs is 1. The van der Waals surface area contributed by atoms with Crippen LogP contribution < -0.4 is 0 Å². The summed E-state index contributed by atoms with van der Waals surface area (Å²) in [6.07, 6.45) is 4.51. The van der Waals surface area contributed by atoms with Crippen molar-refractivity contribution in [1.29, 1.82) is 0 Å². The van der Waals surface area contributed by atoms with Crippen LogP contribution in [0.25, 0.3) is 0 Å². The second kappa shape index (κ2) is 1.65. The van der Waals surface area contributed by atoms with Crippen molar-refractivity contribution in [3.05, 3.63) is 23.0 Å². The SMILES string of the molecule is CC12C=C(F)C(Cl)=CC1C2. The van der Waals surface area contributed by atoms with Crippen molar-refractivity contribution < 1.29 is 4.39 Å². The first-order valence-electron chi connectivity index (χ1n) is 3.38. The summed E-state index contributed by atoms with van der Waals surface area (Å²) in [6.45, 7) is 2.05. The van der Waals surface area contributed by atoms with Gasteiger partial charge in [-0.05, 0) is 23.8 Å². The van der Waals surface area contributed by atoms with E-state index in [4.69, 9.17) is 11.6 Å². The Balaban J connectivity index is 2.37. The lowest BCUT2D eigenvalue weighted by Gasteiger charge is -2.08. The molecule has 0 amide bonds. The summed E-state index contributed by atoms with van der Waals surface area (Å²) in [4.78, 5) is 0. The summed E-state index contributed by atoms with van der Waals surface area (Å²) in [5, 5.41) is 0.292. The molecule has 0 N–H and O–H groups in total. The van der Waals surface area contributed by atoms with E-state index in [0.29, 0.717) is 11.0 Å². The van der Waals surface area contributed by atoms with Crippen LogP contribution in [0.4, 0.5) is 4.39 Å². The van der Waals surface area contributed by atoms with E-state index in [1.807, 2.05) is 6.08 Å². The van der Waals surface area contributed by atoms with Crippen LogP contribution in [0.5, 0.6) is 0 Å². The molecule has 2 heteroatoms. The minimum Gasteiger partial charge on any atom is -0.206 e. The normalized spacial score (nSPS) is 43.7. The van der Waals surface area contributed by atoms with Crippen LogP contribution in [-0.2, 0) is 0 Å². The highest BCUT2D eigenvalue weighted by molar-refractivity contribution is 6.31. The zero-order chi connectivity index (χ0) is 7.35. The van der Waals surface area contributed by atoms with Crippen molar-refractivity contribution in [2.24, 2.45) is 11.3 Å². The first kappa shape index (κ1) is 6.41. The van der Waals surface area contributed by atoms with Gasteiger partial charge in [-0.2, -0.15) is 0 Å². The molecule has 2 aliphatic carbocycles. The molecule has 0 aliphatic heterocycles. The third kappa shape index (κ3) is 0.734. The fraction of sp³-hybridized carbons (Fsp3) is 0.500. The molecule has 2 aliphatic rings. The quantitative estimate of drug-likeness (QED) is 0.509. The Bertz CT molecular complexity index is 242. The van der Waals surface area contributed by atoms with Gasteiger partial charge in [0.25, 0.3) is 0 Å². The van der Waals surface area contributed by atoms with Crippen molar-refractivity contribution in [2.75, 3.05) is 0 Å². The van der Waals surface area contributed by atoms with Crippen LogP contribution in [0.1, 0.15) is 13.3 Å². The minimum atomic E-state index is -0.252. The predicted molar refractivity (Wildman–Crippen MR) is 39.3 cm³/mol. The maximum absolute atomic E-state index is 12.8. The van der Waals surface area contributed by atoms with Crippen LogP contribution in [0.2, 0.25) is 0 Å². The number of hydrogen-bond donors (Lipinski definition) is 0. The van der Waals surface area contributed by atoms with Gasteiger partial charge in [-0.1, -0.05) is 24.6 Å². The molecule has 10 heavy (non-hydrogen) atoms. The molecule has 0 aromatic heterocycles. The molecule has 1 fully saturated rings. The van der Waals surface area contributed by atoms with Crippen LogP contribution >= 0.6 is 11.6 Å². The maximum Gasteiger partial charge on any atom is 0.138 e. The molecule has 0 heterocycles. The molecule has 0 nitrogen and oxygen atoms in total. The van der Waals surface area contributed by atoms with Crippen LogP contribution in [0, 0.1) is 11.3 Å². The summed E-state index contributed by atoms with van der Waals surface area (Å²) >= 11 is 5.57. The van der Waals surface area contributed by atoms with Gasteiger partial charge < -0.3 is 0 Å². The van der Waals surface area contributed by atoms with E-state index in [1.165, 1.54) is 0 Å². The zero-order valence-corrected chi connectivity index (χ0v) is 6.45. The highest BCUT2D eigenvalue weighted by Gasteiger charge is 2.49. The summed E-state index contributed by atoms with van der Waals surface area (Å²) < 4.78 is 12.8. The van der Waals surface area contributed by atoms with Gasteiger partial charge in [-0.3, -0.25) is 0 Å². The van der Waals surface area contributed by atoms with Crippen molar-refractivity contribution in [2.45, 2.75) is 13.3 Å². The second-order valence-electron chi connectivity index (χ2n) is 3.32. The molecule has 0 aromatic carbocycles. The van der Waals surface area contributed by atoms with Gasteiger partial charge in [-0.25, -0.2) is 4.39 Å². The van der Waals surface area contributed by atoms with Gasteiger partial charge in [0.05, 0.1) is 5.03 Å². The van der Waals surface area contributed by atoms with Gasteiger partial charge in [-0.15, -0.1) is 0 Å². The monoisotopic (exact) mass is 158 g/mol. The molecule has 0 radical (unpaired) electrons. The molecule has 0 aromatic rings. The maximum atomic E-state index is 12.8. The van der Waals surface area contributed by atoms with Gasteiger partial charge in [0.1, 0.15) is 5.83 Å². The molecule has 0 bridgehead atoms. The lowest BCUT2D eigenvalue weighted by Crippen LogP contribution is -1.97. The molecule has 2 unspecified atom stereocenters. The molecule has 54 valence electrons. The van der Waals surface area contributed by atoms with E-state index in [1.54, 1.807) is 6.08 Å². The van der Waals surface area contributed by atoms with Gasteiger partial charge in [0.2, 0.25) is 0 Å². The fourth-order valence-electron chi connectivity index (χ4n) is 1.44. The average molecular weight is 159 g/mol. The standard InChI is InChI=1S/C8H8ClF/c1-8-3-5(8)2-6(9)7(10)4-8/h2,4-5H,3H2,1H3. The Morgan fingerprint density at radius 2 is 2.50 bits per heavy atom. The first-order chi connectivity index (χ1) is 4.62. The third-order valence-corrected chi connectivity index (χ3v) is 2.69. The zero-order valence-electron chi connectivity index (χ0n) is 5.70.